The van der Waals surface area contributed by atoms with Crippen molar-refractivity contribution >= 4 is 46.4 Å². The number of halogens is 2. The van der Waals surface area contributed by atoms with Crippen molar-refractivity contribution in [1.82, 2.24) is 14.4 Å². The number of para-hydroxylation sites is 1. The number of urea groups is 1. The minimum absolute atomic E-state index is 0.119. The SMILES string of the molecule is CN1C(=O)C(=Cc2cn(Cc3c(F)cccc3Cl)c3ccccc23)C(=O)N(C)C1=O. The average molecular weight is 426 g/mol. The fourth-order valence-electron chi connectivity index (χ4n) is 3.51. The summed E-state index contributed by atoms with van der Waals surface area (Å²) in [6.45, 7) is 0.176. The van der Waals surface area contributed by atoms with E-state index in [1.54, 1.807) is 18.3 Å². The Kier molecular flexibility index (Phi) is 4.91. The van der Waals surface area contributed by atoms with Gasteiger partial charge in [-0.05, 0) is 24.3 Å². The number of carbonyl (C=O) groups excluding carboxylic acids is 3. The molecule has 1 aromatic heterocycles. The Hall–Kier alpha value is -3.45. The summed E-state index contributed by atoms with van der Waals surface area (Å²) in [5, 5.41) is 1.09. The lowest BCUT2D eigenvalue weighted by Gasteiger charge is -2.28. The van der Waals surface area contributed by atoms with Gasteiger partial charge in [-0.25, -0.2) is 9.18 Å². The molecule has 8 heteroatoms. The number of barbiturate groups is 1. The van der Waals surface area contributed by atoms with Crippen LogP contribution in [0.2, 0.25) is 5.02 Å². The molecule has 4 amide bonds. The highest BCUT2D eigenvalue weighted by molar-refractivity contribution is 6.31. The Labute approximate surface area is 176 Å². The van der Waals surface area contributed by atoms with Gasteiger partial charge in [-0.3, -0.25) is 19.4 Å². The first-order valence-electron chi connectivity index (χ1n) is 9.12. The molecule has 0 spiro atoms. The van der Waals surface area contributed by atoms with E-state index in [1.165, 1.54) is 26.2 Å². The molecule has 1 aliphatic rings. The number of nitrogens with zero attached hydrogens (tertiary/aromatic N) is 3. The van der Waals surface area contributed by atoms with E-state index in [4.69, 9.17) is 11.6 Å². The predicted octanol–water partition coefficient (Wildman–Crippen LogP) is 3.92. The molecule has 2 heterocycles. The summed E-state index contributed by atoms with van der Waals surface area (Å²) in [7, 11) is 2.65. The molecular formula is C22H17ClFN3O3. The Bertz CT molecular complexity index is 1200. The molecule has 0 unspecified atom stereocenters. The highest BCUT2D eigenvalue weighted by Gasteiger charge is 2.37. The monoisotopic (exact) mass is 425 g/mol. The van der Waals surface area contributed by atoms with E-state index in [1.807, 2.05) is 28.8 Å². The van der Waals surface area contributed by atoms with E-state index in [0.29, 0.717) is 16.1 Å². The first kappa shape index (κ1) is 19.8. The molecule has 4 rings (SSSR count). The van der Waals surface area contributed by atoms with Crippen LogP contribution in [0.25, 0.3) is 17.0 Å². The Balaban J connectivity index is 1.83. The van der Waals surface area contributed by atoms with Crippen LogP contribution in [0.4, 0.5) is 9.18 Å². The number of hydrogen-bond donors (Lipinski definition) is 0. The minimum Gasteiger partial charge on any atom is -0.342 e. The zero-order valence-electron chi connectivity index (χ0n) is 16.2. The molecular weight excluding hydrogens is 409 g/mol. The van der Waals surface area contributed by atoms with Gasteiger partial charge in [-0.2, -0.15) is 0 Å². The number of carbonyl (C=O) groups is 3. The maximum Gasteiger partial charge on any atom is 0.333 e. The van der Waals surface area contributed by atoms with Crippen molar-refractivity contribution in [3.8, 4) is 0 Å². The number of benzene rings is 2. The normalized spacial score (nSPS) is 14.8. The number of rotatable bonds is 3. The maximum absolute atomic E-state index is 14.3. The molecule has 1 aliphatic heterocycles. The second kappa shape index (κ2) is 7.42. The zero-order chi connectivity index (χ0) is 21.6. The topological polar surface area (TPSA) is 62.6 Å². The van der Waals surface area contributed by atoms with Crippen LogP contribution in [0.1, 0.15) is 11.1 Å². The minimum atomic E-state index is -0.682. The third kappa shape index (κ3) is 3.17. The summed E-state index contributed by atoms with van der Waals surface area (Å²) in [4.78, 5) is 38.8. The molecule has 1 fully saturated rings. The molecule has 152 valence electrons. The third-order valence-corrected chi connectivity index (χ3v) is 5.51. The van der Waals surface area contributed by atoms with Gasteiger partial charge in [0.25, 0.3) is 11.8 Å². The second-order valence-corrected chi connectivity index (χ2v) is 7.41. The molecule has 0 aliphatic carbocycles. The van der Waals surface area contributed by atoms with Crippen LogP contribution in [0.3, 0.4) is 0 Å². The predicted molar refractivity (Wildman–Crippen MR) is 111 cm³/mol. The second-order valence-electron chi connectivity index (χ2n) is 7.00. The van der Waals surface area contributed by atoms with Crippen LogP contribution in [0, 0.1) is 5.82 Å². The Morgan fingerprint density at radius 1 is 0.967 bits per heavy atom. The highest BCUT2D eigenvalue weighted by atomic mass is 35.5. The molecule has 3 aromatic rings. The Morgan fingerprint density at radius 3 is 2.30 bits per heavy atom. The molecule has 30 heavy (non-hydrogen) atoms. The molecule has 0 radical (unpaired) electrons. The van der Waals surface area contributed by atoms with Crippen molar-refractivity contribution in [3.63, 3.8) is 0 Å². The van der Waals surface area contributed by atoms with Crippen molar-refractivity contribution in [2.45, 2.75) is 6.54 Å². The van der Waals surface area contributed by atoms with Crippen LogP contribution >= 0.6 is 11.6 Å². The van der Waals surface area contributed by atoms with Crippen LogP contribution in [-0.4, -0.2) is 46.3 Å². The number of likely N-dealkylation sites (N-methyl/N-ethyl adjacent to an activating group) is 2. The van der Waals surface area contributed by atoms with E-state index in [-0.39, 0.29) is 12.1 Å². The summed E-state index contributed by atoms with van der Waals surface area (Å²) >= 11 is 6.18. The molecule has 2 aromatic carbocycles. The summed E-state index contributed by atoms with van der Waals surface area (Å²) in [6.07, 6.45) is 3.20. The van der Waals surface area contributed by atoms with Gasteiger partial charge in [0.1, 0.15) is 11.4 Å². The molecule has 0 bridgehead atoms. The van der Waals surface area contributed by atoms with Gasteiger partial charge in [-0.15, -0.1) is 0 Å². The van der Waals surface area contributed by atoms with Gasteiger partial charge in [-0.1, -0.05) is 35.9 Å². The van der Waals surface area contributed by atoms with Gasteiger partial charge in [0, 0.05) is 47.3 Å². The van der Waals surface area contributed by atoms with Crippen molar-refractivity contribution < 1.29 is 18.8 Å². The molecule has 0 atom stereocenters. The van der Waals surface area contributed by atoms with E-state index < -0.39 is 23.7 Å². The molecule has 0 N–H and O–H groups in total. The van der Waals surface area contributed by atoms with E-state index in [0.717, 1.165) is 20.7 Å². The summed E-state index contributed by atoms with van der Waals surface area (Å²) < 4.78 is 16.1. The lowest BCUT2D eigenvalue weighted by molar-refractivity contribution is -0.134. The quantitative estimate of drug-likeness (QED) is 0.472. The Morgan fingerprint density at radius 2 is 1.63 bits per heavy atom. The van der Waals surface area contributed by atoms with Crippen molar-refractivity contribution in [1.29, 1.82) is 0 Å². The largest absolute Gasteiger partial charge is 0.342 e. The van der Waals surface area contributed by atoms with E-state index >= 15 is 0 Å². The average Bonchev–Trinajstić information content (AvgIpc) is 3.08. The molecule has 0 saturated carbocycles. The van der Waals surface area contributed by atoms with E-state index in [2.05, 4.69) is 0 Å². The lowest BCUT2D eigenvalue weighted by Crippen LogP contribution is -2.52. The standard InChI is InChI=1S/C22H17ClFN3O3/c1-25-20(28)15(21(29)26(2)22(25)30)10-13-11-27(19-9-4-3-6-14(13)19)12-16-17(23)7-5-8-18(16)24/h3-11H,12H2,1-2H3. The number of fused-ring (bicyclic) bond motifs is 1. The van der Waals surface area contributed by atoms with Crippen molar-refractivity contribution in [2.24, 2.45) is 0 Å². The molecule has 6 nitrogen and oxygen atoms in total. The fourth-order valence-corrected chi connectivity index (χ4v) is 3.73. The third-order valence-electron chi connectivity index (χ3n) is 5.15. The van der Waals surface area contributed by atoms with Gasteiger partial charge in [0.2, 0.25) is 0 Å². The smallest absolute Gasteiger partial charge is 0.333 e. The molecule has 1 saturated heterocycles. The highest BCUT2D eigenvalue weighted by Crippen LogP contribution is 2.28. The summed E-state index contributed by atoms with van der Waals surface area (Å²) in [5.41, 5.74) is 1.61. The van der Waals surface area contributed by atoms with Crippen LogP contribution in [-0.2, 0) is 16.1 Å². The number of imide groups is 2. The van der Waals surface area contributed by atoms with Crippen LogP contribution < -0.4 is 0 Å². The maximum atomic E-state index is 14.3. The fraction of sp³-hybridized carbons (Fsp3) is 0.136. The number of aromatic nitrogens is 1. The zero-order valence-corrected chi connectivity index (χ0v) is 17.0. The van der Waals surface area contributed by atoms with Gasteiger partial charge in [0.15, 0.2) is 0 Å². The lowest BCUT2D eigenvalue weighted by atomic mass is 10.1. The van der Waals surface area contributed by atoms with Gasteiger partial charge < -0.3 is 4.57 Å². The van der Waals surface area contributed by atoms with Crippen LogP contribution in [0.15, 0.2) is 54.2 Å². The van der Waals surface area contributed by atoms with E-state index in [9.17, 15) is 18.8 Å². The number of hydrogen-bond acceptors (Lipinski definition) is 3. The number of amides is 4. The van der Waals surface area contributed by atoms with Crippen molar-refractivity contribution in [2.75, 3.05) is 14.1 Å². The van der Waals surface area contributed by atoms with Crippen LogP contribution in [0.5, 0.6) is 0 Å². The van der Waals surface area contributed by atoms with Gasteiger partial charge >= 0.3 is 6.03 Å². The first-order chi connectivity index (χ1) is 14.3. The first-order valence-corrected chi connectivity index (χ1v) is 9.50. The van der Waals surface area contributed by atoms with Gasteiger partial charge in [0.05, 0.1) is 6.54 Å². The summed E-state index contributed by atoms with van der Waals surface area (Å²) in [5.74, 6) is -1.76. The summed E-state index contributed by atoms with van der Waals surface area (Å²) in [6, 6.07) is 11.2. The van der Waals surface area contributed by atoms with Crippen molar-refractivity contribution in [3.05, 3.63) is 76.2 Å².